The van der Waals surface area contributed by atoms with Gasteiger partial charge >= 0.3 is 17.9 Å². The molecule has 182 valence electrons. The second-order valence-electron chi connectivity index (χ2n) is 7.58. The third-order valence-corrected chi connectivity index (χ3v) is 5.71. The molecule has 3 rings (SSSR count). The van der Waals surface area contributed by atoms with Crippen LogP contribution in [0.25, 0.3) is 11.5 Å². The number of aliphatic carboxylic acids is 1. The van der Waals surface area contributed by atoms with E-state index >= 15 is 0 Å². The molecule has 34 heavy (non-hydrogen) atoms. The highest BCUT2D eigenvalue weighted by atomic mass is 35.5. The molecule has 3 aromatic rings. The van der Waals surface area contributed by atoms with Crippen molar-refractivity contribution in [1.29, 1.82) is 0 Å². The molecular formula is C23H23ClF3N3O4. The first kappa shape index (κ1) is 25.5. The van der Waals surface area contributed by atoms with Crippen LogP contribution >= 0.6 is 11.6 Å². The predicted octanol–water partition coefficient (Wildman–Crippen LogP) is 5.08. The Morgan fingerprint density at radius 3 is 2.38 bits per heavy atom. The van der Waals surface area contributed by atoms with Gasteiger partial charge in [-0.05, 0) is 60.6 Å². The molecule has 0 radical (unpaired) electrons. The van der Waals surface area contributed by atoms with Gasteiger partial charge in [0.2, 0.25) is 5.89 Å². The van der Waals surface area contributed by atoms with E-state index < -0.39 is 29.5 Å². The highest BCUT2D eigenvalue weighted by molar-refractivity contribution is 6.30. The van der Waals surface area contributed by atoms with Gasteiger partial charge in [0.15, 0.2) is 0 Å². The van der Waals surface area contributed by atoms with Crippen molar-refractivity contribution in [2.45, 2.75) is 39.0 Å². The molecule has 0 aliphatic heterocycles. The Bertz CT molecular complexity index is 1200. The van der Waals surface area contributed by atoms with Crippen molar-refractivity contribution in [2.75, 3.05) is 13.1 Å². The number of carboxylic acid groups (broad SMARTS) is 1. The van der Waals surface area contributed by atoms with Crippen molar-refractivity contribution in [1.82, 2.24) is 14.7 Å². The van der Waals surface area contributed by atoms with Crippen LogP contribution in [0.1, 0.15) is 43.0 Å². The highest BCUT2D eigenvalue weighted by Gasteiger charge is 2.30. The Labute approximate surface area is 198 Å². The topological polar surface area (TPSA) is 88.6 Å². The predicted molar refractivity (Wildman–Crippen MR) is 120 cm³/mol. The van der Waals surface area contributed by atoms with Crippen molar-refractivity contribution >= 4 is 17.6 Å². The van der Waals surface area contributed by atoms with Crippen LogP contribution in [0.2, 0.25) is 5.02 Å². The van der Waals surface area contributed by atoms with Crippen LogP contribution in [-0.4, -0.2) is 38.8 Å². The standard InChI is InChI=1S/C23H23ClF3N3O4/c1-3-29(4-2)19(12-20(31)32)18-10-9-17(24)11-15(18)13-30-22(33)34-21(28-30)14-5-7-16(8-6-14)23(25,26)27/h5-11,19H,3-4,12-13H2,1-2H3,(H,31,32). The molecule has 1 unspecified atom stereocenters. The number of rotatable bonds is 9. The molecule has 0 amide bonds. The maximum Gasteiger partial charge on any atom is 0.437 e. The third kappa shape index (κ3) is 5.87. The quantitative estimate of drug-likeness (QED) is 0.443. The lowest BCUT2D eigenvalue weighted by molar-refractivity contribution is -0.139. The van der Waals surface area contributed by atoms with Gasteiger partial charge in [-0.2, -0.15) is 17.9 Å². The van der Waals surface area contributed by atoms with Crippen LogP contribution in [0, 0.1) is 0 Å². The summed E-state index contributed by atoms with van der Waals surface area (Å²) < 4.78 is 44.6. The normalized spacial score (nSPS) is 12.8. The fourth-order valence-electron chi connectivity index (χ4n) is 3.79. The number of carbonyl (C=O) groups is 1. The monoisotopic (exact) mass is 497 g/mol. The van der Waals surface area contributed by atoms with Gasteiger partial charge in [0.05, 0.1) is 18.5 Å². The van der Waals surface area contributed by atoms with Gasteiger partial charge in [-0.25, -0.2) is 4.79 Å². The van der Waals surface area contributed by atoms with Gasteiger partial charge in [-0.1, -0.05) is 31.5 Å². The molecule has 0 saturated carbocycles. The summed E-state index contributed by atoms with van der Waals surface area (Å²) in [4.78, 5) is 26.0. The number of aromatic nitrogens is 2. The summed E-state index contributed by atoms with van der Waals surface area (Å²) in [6.07, 6.45) is -4.64. The molecular weight excluding hydrogens is 475 g/mol. The molecule has 1 atom stereocenters. The van der Waals surface area contributed by atoms with Crippen LogP contribution in [0.4, 0.5) is 13.2 Å². The van der Waals surface area contributed by atoms with Gasteiger partial charge in [0.1, 0.15) is 0 Å². The molecule has 1 N–H and O–H groups in total. The Kier molecular flexibility index (Phi) is 7.83. The maximum atomic E-state index is 12.8. The Hall–Kier alpha value is -3.11. The lowest BCUT2D eigenvalue weighted by Crippen LogP contribution is -2.31. The second-order valence-corrected chi connectivity index (χ2v) is 8.02. The van der Waals surface area contributed by atoms with Crippen LogP contribution in [0.5, 0.6) is 0 Å². The molecule has 0 fully saturated rings. The number of carboxylic acids is 1. The maximum absolute atomic E-state index is 12.8. The van der Waals surface area contributed by atoms with Crippen molar-refractivity contribution in [3.8, 4) is 11.5 Å². The number of halogens is 4. The van der Waals surface area contributed by atoms with Gasteiger partial charge in [0, 0.05) is 16.6 Å². The zero-order valence-corrected chi connectivity index (χ0v) is 19.2. The van der Waals surface area contributed by atoms with E-state index in [9.17, 15) is 27.9 Å². The molecule has 0 aliphatic carbocycles. The van der Waals surface area contributed by atoms with Crippen LogP contribution < -0.4 is 5.76 Å². The molecule has 2 aromatic carbocycles. The third-order valence-electron chi connectivity index (χ3n) is 5.47. The van der Waals surface area contributed by atoms with E-state index in [-0.39, 0.29) is 24.4 Å². The number of nitrogens with zero attached hydrogens (tertiary/aromatic N) is 3. The van der Waals surface area contributed by atoms with Gasteiger partial charge in [-0.3, -0.25) is 9.69 Å². The molecule has 11 heteroatoms. The van der Waals surface area contributed by atoms with Crippen LogP contribution in [0.15, 0.2) is 51.7 Å². The average Bonchev–Trinajstić information content (AvgIpc) is 3.13. The molecule has 1 heterocycles. The zero-order chi connectivity index (χ0) is 25.0. The summed E-state index contributed by atoms with van der Waals surface area (Å²) in [5, 5.41) is 14.0. The Morgan fingerprint density at radius 2 is 1.82 bits per heavy atom. The average molecular weight is 498 g/mol. The molecule has 1 aromatic heterocycles. The van der Waals surface area contributed by atoms with E-state index in [1.165, 1.54) is 12.1 Å². The molecule has 0 bridgehead atoms. The van der Waals surface area contributed by atoms with E-state index in [0.717, 1.165) is 16.8 Å². The summed E-state index contributed by atoms with van der Waals surface area (Å²) in [5.74, 6) is -1.91. The zero-order valence-electron chi connectivity index (χ0n) is 18.5. The first-order valence-corrected chi connectivity index (χ1v) is 10.9. The molecule has 0 spiro atoms. The van der Waals surface area contributed by atoms with Crippen molar-refractivity contribution in [2.24, 2.45) is 0 Å². The lowest BCUT2D eigenvalue weighted by atomic mass is 9.96. The summed E-state index contributed by atoms with van der Waals surface area (Å²) in [7, 11) is 0. The first-order chi connectivity index (χ1) is 16.0. The van der Waals surface area contributed by atoms with E-state index in [0.29, 0.717) is 29.2 Å². The number of alkyl halides is 3. The second kappa shape index (κ2) is 10.4. The fraction of sp³-hybridized carbons (Fsp3) is 0.348. The van der Waals surface area contributed by atoms with Gasteiger partial charge < -0.3 is 9.52 Å². The Morgan fingerprint density at radius 1 is 1.18 bits per heavy atom. The molecule has 0 saturated heterocycles. The van der Waals surface area contributed by atoms with E-state index in [1.807, 2.05) is 18.7 Å². The lowest BCUT2D eigenvalue weighted by Gasteiger charge is -2.30. The van der Waals surface area contributed by atoms with E-state index in [4.69, 9.17) is 16.0 Å². The summed E-state index contributed by atoms with van der Waals surface area (Å²) in [5.41, 5.74) is 0.644. The Balaban J connectivity index is 1.97. The van der Waals surface area contributed by atoms with Crippen LogP contribution in [-0.2, 0) is 17.5 Å². The minimum absolute atomic E-state index is 0.0593. The van der Waals surface area contributed by atoms with Gasteiger partial charge in [-0.15, -0.1) is 5.10 Å². The van der Waals surface area contributed by atoms with E-state index in [1.54, 1.807) is 18.2 Å². The van der Waals surface area contributed by atoms with Crippen molar-refractivity contribution in [3.05, 3.63) is 74.7 Å². The SMILES string of the molecule is CCN(CC)C(CC(=O)O)c1ccc(Cl)cc1Cn1nc(-c2ccc(C(F)(F)F)cc2)oc1=O. The smallest absolute Gasteiger partial charge is 0.437 e. The minimum Gasteiger partial charge on any atom is -0.481 e. The molecule has 7 nitrogen and oxygen atoms in total. The van der Waals surface area contributed by atoms with Crippen molar-refractivity contribution < 1.29 is 27.5 Å². The molecule has 0 aliphatic rings. The summed E-state index contributed by atoms with van der Waals surface area (Å²) in [6.45, 7) is 5.01. The number of hydrogen-bond acceptors (Lipinski definition) is 5. The number of hydrogen-bond donors (Lipinski definition) is 1. The summed E-state index contributed by atoms with van der Waals surface area (Å²) in [6, 6.07) is 8.65. The van der Waals surface area contributed by atoms with Crippen molar-refractivity contribution in [3.63, 3.8) is 0 Å². The number of benzene rings is 2. The summed E-state index contributed by atoms with van der Waals surface area (Å²) >= 11 is 6.18. The van der Waals surface area contributed by atoms with Crippen LogP contribution in [0.3, 0.4) is 0 Å². The first-order valence-electron chi connectivity index (χ1n) is 10.5. The largest absolute Gasteiger partial charge is 0.481 e. The van der Waals surface area contributed by atoms with E-state index in [2.05, 4.69) is 5.10 Å². The highest BCUT2D eigenvalue weighted by Crippen LogP contribution is 2.31. The van der Waals surface area contributed by atoms with Gasteiger partial charge in [0.25, 0.3) is 0 Å². The fourth-order valence-corrected chi connectivity index (χ4v) is 3.98. The minimum atomic E-state index is -4.49.